The van der Waals surface area contributed by atoms with E-state index in [2.05, 4.69) is 4.98 Å². The summed E-state index contributed by atoms with van der Waals surface area (Å²) in [7, 11) is 1.68. The molecule has 2 aromatic rings. The summed E-state index contributed by atoms with van der Waals surface area (Å²) in [5.41, 5.74) is 3.13. The van der Waals surface area contributed by atoms with Crippen LogP contribution in [0.3, 0.4) is 0 Å². The van der Waals surface area contributed by atoms with E-state index in [9.17, 15) is 9.59 Å². The van der Waals surface area contributed by atoms with Gasteiger partial charge in [-0.05, 0) is 36.9 Å². The summed E-state index contributed by atoms with van der Waals surface area (Å²) in [5, 5.41) is 12.6. The summed E-state index contributed by atoms with van der Waals surface area (Å²) < 4.78 is 0. The summed E-state index contributed by atoms with van der Waals surface area (Å²) >= 11 is 1.60. The number of carbonyl (C=O) groups excluding carboxylic acids is 1. The third-order valence-corrected chi connectivity index (χ3v) is 4.05. The number of hydrogen-bond donors (Lipinski definition) is 1. The molecule has 0 radical (unpaired) electrons. The molecule has 1 amide bonds. The summed E-state index contributed by atoms with van der Waals surface area (Å²) in [6, 6.07) is 5.62. The molecule has 0 aliphatic carbocycles. The number of pyridine rings is 1. The predicted octanol–water partition coefficient (Wildman–Crippen LogP) is 3.06. The molecule has 0 saturated heterocycles. The first-order chi connectivity index (χ1) is 10.5. The van der Waals surface area contributed by atoms with E-state index in [4.69, 9.17) is 5.11 Å². The highest BCUT2D eigenvalue weighted by atomic mass is 32.1. The summed E-state index contributed by atoms with van der Waals surface area (Å²) in [6.07, 6.45) is 0.503. The van der Waals surface area contributed by atoms with Gasteiger partial charge in [0.2, 0.25) is 0 Å². The van der Waals surface area contributed by atoms with Crippen molar-refractivity contribution in [2.24, 2.45) is 0 Å². The van der Waals surface area contributed by atoms with Crippen LogP contribution in [0.5, 0.6) is 0 Å². The fourth-order valence-electron chi connectivity index (χ4n) is 2.13. The van der Waals surface area contributed by atoms with Crippen molar-refractivity contribution in [1.82, 2.24) is 9.88 Å². The Morgan fingerprint density at radius 2 is 2.09 bits per heavy atom. The van der Waals surface area contributed by atoms with Gasteiger partial charge in [0.25, 0.3) is 5.91 Å². The average molecular weight is 318 g/mol. The summed E-state index contributed by atoms with van der Waals surface area (Å²) in [5.74, 6) is -0.980. The first kappa shape index (κ1) is 16.2. The lowest BCUT2D eigenvalue weighted by Gasteiger charge is -2.18. The topological polar surface area (TPSA) is 70.5 Å². The average Bonchev–Trinajstić information content (AvgIpc) is 3.00. The molecular formula is C16H18N2O3S. The third-order valence-electron chi connectivity index (χ3n) is 3.36. The van der Waals surface area contributed by atoms with Gasteiger partial charge < -0.3 is 10.0 Å². The van der Waals surface area contributed by atoms with Crippen LogP contribution in [0.4, 0.5) is 0 Å². The number of carbonyl (C=O) groups is 2. The second-order valence-corrected chi connectivity index (χ2v) is 5.85. The number of hydrogen-bond acceptors (Lipinski definition) is 4. The Balaban J connectivity index is 2.08. The highest BCUT2D eigenvalue weighted by Crippen LogP contribution is 2.22. The molecule has 0 aliphatic heterocycles. The van der Waals surface area contributed by atoms with Gasteiger partial charge >= 0.3 is 5.97 Å². The lowest BCUT2D eigenvalue weighted by atomic mass is 10.1. The maximum absolute atomic E-state index is 12.4. The first-order valence-corrected chi connectivity index (χ1v) is 7.91. The third kappa shape index (κ3) is 3.92. The SMILES string of the molecule is Cc1nc(-c2ccsc2)ccc1C(=O)N(C)CCCC(=O)O. The molecule has 22 heavy (non-hydrogen) atoms. The molecule has 0 atom stereocenters. The Bertz CT molecular complexity index is 668. The fraction of sp³-hybridized carbons (Fsp3) is 0.312. The zero-order valence-electron chi connectivity index (χ0n) is 12.6. The van der Waals surface area contributed by atoms with Crippen LogP contribution in [-0.2, 0) is 4.79 Å². The van der Waals surface area contributed by atoms with Crippen LogP contribution in [0.15, 0.2) is 29.0 Å². The smallest absolute Gasteiger partial charge is 0.303 e. The van der Waals surface area contributed by atoms with Gasteiger partial charge in [-0.2, -0.15) is 11.3 Å². The largest absolute Gasteiger partial charge is 0.481 e. The molecular weight excluding hydrogens is 300 g/mol. The van der Waals surface area contributed by atoms with Crippen LogP contribution in [0.2, 0.25) is 0 Å². The van der Waals surface area contributed by atoms with Gasteiger partial charge in [-0.25, -0.2) is 0 Å². The number of amides is 1. The van der Waals surface area contributed by atoms with Gasteiger partial charge in [0, 0.05) is 31.0 Å². The van der Waals surface area contributed by atoms with Gasteiger partial charge in [-0.3, -0.25) is 14.6 Å². The van der Waals surface area contributed by atoms with E-state index in [0.717, 1.165) is 11.3 Å². The molecule has 0 bridgehead atoms. The van der Waals surface area contributed by atoms with Crippen molar-refractivity contribution in [3.05, 3.63) is 40.2 Å². The van der Waals surface area contributed by atoms with Crippen molar-refractivity contribution < 1.29 is 14.7 Å². The summed E-state index contributed by atoms with van der Waals surface area (Å²) in [4.78, 5) is 28.9. The van der Waals surface area contributed by atoms with Gasteiger partial charge in [-0.1, -0.05) is 0 Å². The molecule has 5 nitrogen and oxygen atoms in total. The van der Waals surface area contributed by atoms with E-state index in [1.807, 2.05) is 29.8 Å². The Morgan fingerprint density at radius 3 is 2.68 bits per heavy atom. The number of carboxylic acids is 1. The highest BCUT2D eigenvalue weighted by Gasteiger charge is 2.16. The van der Waals surface area contributed by atoms with E-state index < -0.39 is 5.97 Å². The molecule has 0 fully saturated rings. The van der Waals surface area contributed by atoms with Crippen molar-refractivity contribution in [2.45, 2.75) is 19.8 Å². The number of carboxylic acid groups (broad SMARTS) is 1. The van der Waals surface area contributed by atoms with E-state index in [1.54, 1.807) is 24.5 Å². The fourth-order valence-corrected chi connectivity index (χ4v) is 2.78. The highest BCUT2D eigenvalue weighted by molar-refractivity contribution is 7.08. The molecule has 0 saturated carbocycles. The van der Waals surface area contributed by atoms with Gasteiger partial charge in [-0.15, -0.1) is 0 Å². The predicted molar refractivity (Wildman–Crippen MR) is 86.1 cm³/mol. The molecule has 1 N–H and O–H groups in total. The minimum absolute atomic E-state index is 0.0615. The van der Waals surface area contributed by atoms with Crippen LogP contribution < -0.4 is 0 Å². The van der Waals surface area contributed by atoms with E-state index in [1.165, 1.54) is 4.90 Å². The molecule has 2 rings (SSSR count). The lowest BCUT2D eigenvalue weighted by Crippen LogP contribution is -2.29. The van der Waals surface area contributed by atoms with Gasteiger partial charge in [0.05, 0.1) is 17.0 Å². The van der Waals surface area contributed by atoms with Crippen molar-refractivity contribution >= 4 is 23.2 Å². The minimum atomic E-state index is -0.848. The Hall–Kier alpha value is -2.21. The second kappa shape index (κ2) is 7.17. The van der Waals surface area contributed by atoms with E-state index in [0.29, 0.717) is 24.2 Å². The Labute approximate surface area is 133 Å². The van der Waals surface area contributed by atoms with E-state index >= 15 is 0 Å². The van der Waals surface area contributed by atoms with Crippen molar-refractivity contribution in [2.75, 3.05) is 13.6 Å². The second-order valence-electron chi connectivity index (χ2n) is 5.07. The summed E-state index contributed by atoms with van der Waals surface area (Å²) in [6.45, 7) is 2.23. The molecule has 0 unspecified atom stereocenters. The number of aliphatic carboxylic acids is 1. The van der Waals surface area contributed by atoms with Crippen LogP contribution in [0.1, 0.15) is 28.9 Å². The molecule has 0 spiro atoms. The zero-order valence-corrected chi connectivity index (χ0v) is 13.4. The zero-order chi connectivity index (χ0) is 16.1. The lowest BCUT2D eigenvalue weighted by molar-refractivity contribution is -0.137. The number of rotatable bonds is 6. The monoisotopic (exact) mass is 318 g/mol. The number of nitrogens with zero attached hydrogens (tertiary/aromatic N) is 2. The van der Waals surface area contributed by atoms with Crippen LogP contribution >= 0.6 is 11.3 Å². The first-order valence-electron chi connectivity index (χ1n) is 6.96. The quantitative estimate of drug-likeness (QED) is 0.888. The van der Waals surface area contributed by atoms with Crippen molar-refractivity contribution in [3.63, 3.8) is 0 Å². The molecule has 2 aromatic heterocycles. The number of aryl methyl sites for hydroxylation is 1. The van der Waals surface area contributed by atoms with Crippen LogP contribution in [0.25, 0.3) is 11.3 Å². The van der Waals surface area contributed by atoms with Crippen LogP contribution in [0, 0.1) is 6.92 Å². The van der Waals surface area contributed by atoms with Gasteiger partial charge in [0.1, 0.15) is 0 Å². The molecule has 0 aromatic carbocycles. The minimum Gasteiger partial charge on any atom is -0.481 e. The molecule has 116 valence electrons. The Morgan fingerprint density at radius 1 is 1.32 bits per heavy atom. The normalized spacial score (nSPS) is 10.5. The van der Waals surface area contributed by atoms with Gasteiger partial charge in [0.15, 0.2) is 0 Å². The van der Waals surface area contributed by atoms with Crippen molar-refractivity contribution in [1.29, 1.82) is 0 Å². The standard InChI is InChI=1S/C16H18N2O3S/c1-11-13(16(21)18(2)8-3-4-15(19)20)5-6-14(17-11)12-7-9-22-10-12/h5-7,9-10H,3-4,8H2,1-2H3,(H,19,20). The Kier molecular flexibility index (Phi) is 5.27. The molecule has 0 aliphatic rings. The number of thiophene rings is 1. The van der Waals surface area contributed by atoms with Crippen LogP contribution in [-0.4, -0.2) is 40.5 Å². The maximum atomic E-state index is 12.4. The van der Waals surface area contributed by atoms with E-state index in [-0.39, 0.29) is 12.3 Å². The molecule has 6 heteroatoms. The molecule has 2 heterocycles. The number of aromatic nitrogens is 1. The maximum Gasteiger partial charge on any atom is 0.303 e. The van der Waals surface area contributed by atoms with Crippen molar-refractivity contribution in [3.8, 4) is 11.3 Å².